The molecule has 1 aliphatic carbocycles. The average Bonchev–Trinajstić information content (AvgIpc) is 3.10. The third kappa shape index (κ3) is 3.70. The Hall–Kier alpha value is -1.10. The minimum atomic E-state index is -0.877. The van der Waals surface area contributed by atoms with Crippen LogP contribution in [0, 0.1) is 5.92 Å². The fourth-order valence-electron chi connectivity index (χ4n) is 1.74. The lowest BCUT2D eigenvalue weighted by atomic mass is 10.0. The number of carboxylic acids is 1. The van der Waals surface area contributed by atoms with Crippen molar-refractivity contribution < 1.29 is 19.4 Å². The lowest BCUT2D eigenvalue weighted by molar-refractivity contribution is -0.143. The van der Waals surface area contributed by atoms with E-state index < -0.39 is 11.6 Å². The quantitative estimate of drug-likeness (QED) is 0.703. The Kier molecular flexibility index (Phi) is 4.51. The van der Waals surface area contributed by atoms with Gasteiger partial charge >= 0.3 is 5.97 Å². The van der Waals surface area contributed by atoms with E-state index in [0.717, 1.165) is 12.8 Å². The molecule has 5 heteroatoms. The van der Waals surface area contributed by atoms with Gasteiger partial charge in [-0.15, -0.1) is 0 Å². The van der Waals surface area contributed by atoms with Gasteiger partial charge in [-0.1, -0.05) is 6.92 Å². The van der Waals surface area contributed by atoms with E-state index in [1.54, 1.807) is 6.92 Å². The van der Waals surface area contributed by atoms with E-state index in [-0.39, 0.29) is 18.4 Å². The first kappa shape index (κ1) is 14.0. The molecule has 2 atom stereocenters. The van der Waals surface area contributed by atoms with Crippen LogP contribution in [0.25, 0.3) is 0 Å². The molecule has 0 aromatic carbocycles. The van der Waals surface area contributed by atoms with Gasteiger partial charge in [-0.25, -0.2) is 0 Å². The molecular formula is C12H21NO4. The third-order valence-electron chi connectivity index (χ3n) is 3.51. The van der Waals surface area contributed by atoms with Gasteiger partial charge < -0.3 is 15.2 Å². The van der Waals surface area contributed by atoms with Crippen molar-refractivity contribution in [3.05, 3.63) is 0 Å². The van der Waals surface area contributed by atoms with Gasteiger partial charge in [0.1, 0.15) is 5.60 Å². The fourth-order valence-corrected chi connectivity index (χ4v) is 1.74. The van der Waals surface area contributed by atoms with Crippen LogP contribution in [0.15, 0.2) is 0 Å². The normalized spacial score (nSPS) is 20.4. The number of carboxylic acid groups (broad SMARTS) is 1. The summed E-state index contributed by atoms with van der Waals surface area (Å²) in [5, 5.41) is 11.6. The molecule has 1 fully saturated rings. The third-order valence-corrected chi connectivity index (χ3v) is 3.51. The van der Waals surface area contributed by atoms with E-state index in [1.807, 2.05) is 6.92 Å². The maximum Gasteiger partial charge on any atom is 0.305 e. The van der Waals surface area contributed by atoms with Crippen molar-refractivity contribution in [3.8, 4) is 0 Å². The van der Waals surface area contributed by atoms with Gasteiger partial charge in [-0.2, -0.15) is 0 Å². The zero-order valence-electron chi connectivity index (χ0n) is 10.7. The molecule has 1 amide bonds. The van der Waals surface area contributed by atoms with Crippen LogP contribution < -0.4 is 5.32 Å². The SMILES string of the molecule is CCC(C)(OC)C(=O)NC(CC(=O)O)C1CC1. The molecule has 5 nitrogen and oxygen atoms in total. The van der Waals surface area contributed by atoms with E-state index in [9.17, 15) is 9.59 Å². The summed E-state index contributed by atoms with van der Waals surface area (Å²) in [6, 6.07) is -0.263. The summed E-state index contributed by atoms with van der Waals surface area (Å²) in [6.07, 6.45) is 2.53. The van der Waals surface area contributed by atoms with Crippen molar-refractivity contribution in [2.45, 2.75) is 51.2 Å². The molecular weight excluding hydrogens is 222 g/mol. The van der Waals surface area contributed by atoms with Crippen LogP contribution in [0.5, 0.6) is 0 Å². The minimum Gasteiger partial charge on any atom is -0.481 e. The van der Waals surface area contributed by atoms with Crippen LogP contribution in [-0.4, -0.2) is 35.7 Å². The van der Waals surface area contributed by atoms with Gasteiger partial charge in [0, 0.05) is 13.2 Å². The minimum absolute atomic E-state index is 0.0140. The molecule has 17 heavy (non-hydrogen) atoms. The molecule has 0 aliphatic heterocycles. The molecule has 0 saturated heterocycles. The molecule has 1 saturated carbocycles. The van der Waals surface area contributed by atoms with Crippen LogP contribution in [0.1, 0.15) is 39.5 Å². The standard InChI is InChI=1S/C12H21NO4/c1-4-12(2,17-3)11(16)13-9(7-10(14)15)8-5-6-8/h8-9H,4-7H2,1-3H3,(H,13,16)(H,14,15). The maximum atomic E-state index is 12.0. The second-order valence-corrected chi connectivity index (χ2v) is 4.80. The Morgan fingerprint density at radius 1 is 1.53 bits per heavy atom. The van der Waals surface area contributed by atoms with Crippen molar-refractivity contribution in [3.63, 3.8) is 0 Å². The largest absolute Gasteiger partial charge is 0.481 e. The molecule has 0 radical (unpaired) electrons. The lowest BCUT2D eigenvalue weighted by Gasteiger charge is -2.28. The lowest BCUT2D eigenvalue weighted by Crippen LogP contribution is -2.50. The number of carbonyl (C=O) groups excluding carboxylic acids is 1. The maximum absolute atomic E-state index is 12.0. The predicted octanol–water partition coefficient (Wildman–Crippen LogP) is 1.17. The molecule has 0 heterocycles. The summed E-state index contributed by atoms with van der Waals surface area (Å²) >= 11 is 0. The monoisotopic (exact) mass is 243 g/mol. The second-order valence-electron chi connectivity index (χ2n) is 4.80. The Balaban J connectivity index is 2.60. The van der Waals surface area contributed by atoms with Crippen molar-refractivity contribution in [2.24, 2.45) is 5.92 Å². The van der Waals surface area contributed by atoms with E-state index in [1.165, 1.54) is 7.11 Å². The van der Waals surface area contributed by atoms with E-state index in [2.05, 4.69) is 5.32 Å². The highest BCUT2D eigenvalue weighted by atomic mass is 16.5. The number of ether oxygens (including phenoxy) is 1. The average molecular weight is 243 g/mol. The number of aliphatic carboxylic acids is 1. The summed E-state index contributed by atoms with van der Waals surface area (Å²) in [5.74, 6) is -0.786. The Labute approximate surface area is 102 Å². The molecule has 0 aromatic heterocycles. The van der Waals surface area contributed by atoms with E-state index >= 15 is 0 Å². The number of rotatable bonds is 7. The second kappa shape index (κ2) is 5.49. The number of nitrogens with one attached hydrogen (secondary N) is 1. The summed E-state index contributed by atoms with van der Waals surface area (Å²) < 4.78 is 5.20. The summed E-state index contributed by atoms with van der Waals surface area (Å²) in [5.41, 5.74) is -0.869. The van der Waals surface area contributed by atoms with Gasteiger partial charge in [0.25, 0.3) is 5.91 Å². The van der Waals surface area contributed by atoms with Crippen LogP contribution in [-0.2, 0) is 14.3 Å². The Morgan fingerprint density at radius 2 is 2.12 bits per heavy atom. The molecule has 0 bridgehead atoms. The Morgan fingerprint density at radius 3 is 2.47 bits per heavy atom. The zero-order valence-corrected chi connectivity index (χ0v) is 10.7. The molecule has 1 rings (SSSR count). The van der Waals surface area contributed by atoms with Crippen molar-refractivity contribution in [1.82, 2.24) is 5.32 Å². The van der Waals surface area contributed by atoms with E-state index in [4.69, 9.17) is 9.84 Å². The van der Waals surface area contributed by atoms with Crippen LogP contribution >= 0.6 is 0 Å². The van der Waals surface area contributed by atoms with E-state index in [0.29, 0.717) is 12.3 Å². The highest BCUT2D eigenvalue weighted by Crippen LogP contribution is 2.34. The van der Waals surface area contributed by atoms with Gasteiger partial charge in [-0.3, -0.25) is 9.59 Å². The van der Waals surface area contributed by atoms with Crippen molar-refractivity contribution in [2.75, 3.05) is 7.11 Å². The highest BCUT2D eigenvalue weighted by Gasteiger charge is 2.38. The molecule has 0 aromatic rings. The van der Waals surface area contributed by atoms with Gasteiger partial charge in [-0.05, 0) is 32.1 Å². The van der Waals surface area contributed by atoms with Gasteiger partial charge in [0.15, 0.2) is 0 Å². The smallest absolute Gasteiger partial charge is 0.305 e. The number of hydrogen-bond acceptors (Lipinski definition) is 3. The van der Waals surface area contributed by atoms with Gasteiger partial charge in [0.2, 0.25) is 0 Å². The first-order chi connectivity index (χ1) is 7.92. The van der Waals surface area contributed by atoms with Crippen LogP contribution in [0.3, 0.4) is 0 Å². The van der Waals surface area contributed by atoms with Gasteiger partial charge in [0.05, 0.1) is 6.42 Å². The number of hydrogen-bond donors (Lipinski definition) is 2. The number of amides is 1. The summed E-state index contributed by atoms with van der Waals surface area (Å²) in [7, 11) is 1.49. The van der Waals surface area contributed by atoms with Crippen LogP contribution in [0.4, 0.5) is 0 Å². The summed E-state index contributed by atoms with van der Waals surface area (Å²) in [6.45, 7) is 3.58. The summed E-state index contributed by atoms with van der Waals surface area (Å²) in [4.78, 5) is 22.8. The topological polar surface area (TPSA) is 75.6 Å². The molecule has 2 unspecified atom stereocenters. The van der Waals surface area contributed by atoms with Crippen molar-refractivity contribution in [1.29, 1.82) is 0 Å². The molecule has 2 N–H and O–H groups in total. The first-order valence-electron chi connectivity index (χ1n) is 6.01. The molecule has 1 aliphatic rings. The fraction of sp³-hybridized carbons (Fsp3) is 0.833. The molecule has 98 valence electrons. The van der Waals surface area contributed by atoms with Crippen LogP contribution in [0.2, 0.25) is 0 Å². The predicted molar refractivity (Wildman–Crippen MR) is 62.6 cm³/mol. The number of carbonyl (C=O) groups is 2. The molecule has 0 spiro atoms. The highest BCUT2D eigenvalue weighted by molar-refractivity contribution is 5.85. The Bertz CT molecular complexity index is 295. The number of methoxy groups -OCH3 is 1. The first-order valence-corrected chi connectivity index (χ1v) is 6.01. The van der Waals surface area contributed by atoms with Crippen molar-refractivity contribution >= 4 is 11.9 Å². The zero-order chi connectivity index (χ0) is 13.1.